The Morgan fingerprint density at radius 2 is 1.61 bits per heavy atom. The molecule has 0 radical (unpaired) electrons. The molecule has 4 rings (SSSR count). The van der Waals surface area contributed by atoms with E-state index in [2.05, 4.69) is 40.7 Å². The predicted molar refractivity (Wildman–Crippen MR) is 163 cm³/mol. The zero-order chi connectivity index (χ0) is 29.8. The lowest BCUT2D eigenvalue weighted by Gasteiger charge is -2.58. The minimum atomic E-state index is -0.742. The third-order valence-corrected chi connectivity index (χ3v) is 12.1. The standard InChI is InChI=1S/C36H58O5/c1-24(2)12-11-13-25(3)28-16-17-29-34-30(19-21-36(28,29)5)35(4)20-18-27(22-26(35)23-31(34)37)41-33(40)15-10-8-6-7-9-14-32(38)39/h22,24-25,27-30,34H,6-21,23H2,1-5H3,(H,38,39). The van der Waals surface area contributed by atoms with Crippen LogP contribution in [0.5, 0.6) is 0 Å². The van der Waals surface area contributed by atoms with Crippen molar-refractivity contribution in [2.45, 2.75) is 150 Å². The van der Waals surface area contributed by atoms with Crippen molar-refractivity contribution in [2.75, 3.05) is 0 Å². The van der Waals surface area contributed by atoms with Gasteiger partial charge in [-0.2, -0.15) is 0 Å². The van der Waals surface area contributed by atoms with Crippen LogP contribution in [0.3, 0.4) is 0 Å². The lowest BCUT2D eigenvalue weighted by Crippen LogP contribution is -2.54. The average molecular weight is 571 g/mol. The number of Topliss-reactive ketones (excluding diaryl/α,β-unsaturated/α-hetero) is 1. The molecule has 3 saturated carbocycles. The Labute approximate surface area is 249 Å². The molecule has 0 aliphatic heterocycles. The lowest BCUT2D eigenvalue weighted by atomic mass is 9.46. The van der Waals surface area contributed by atoms with Crippen LogP contribution in [0.4, 0.5) is 0 Å². The second-order valence-electron chi connectivity index (χ2n) is 15.3. The van der Waals surface area contributed by atoms with Gasteiger partial charge in [-0.05, 0) is 97.9 Å². The summed E-state index contributed by atoms with van der Waals surface area (Å²) in [5.41, 5.74) is 1.60. The van der Waals surface area contributed by atoms with E-state index in [1.54, 1.807) is 0 Å². The number of aliphatic carboxylic acids is 1. The quantitative estimate of drug-likeness (QED) is 0.128. The van der Waals surface area contributed by atoms with Gasteiger partial charge in [0.1, 0.15) is 11.9 Å². The Morgan fingerprint density at radius 3 is 2.32 bits per heavy atom. The zero-order valence-corrected chi connectivity index (χ0v) is 26.7. The molecule has 0 heterocycles. The molecule has 4 aliphatic rings. The Bertz CT molecular complexity index is 967. The summed E-state index contributed by atoms with van der Waals surface area (Å²) >= 11 is 0. The minimum absolute atomic E-state index is 0.0553. The summed E-state index contributed by atoms with van der Waals surface area (Å²) in [6, 6.07) is 0. The number of ether oxygens (including phenoxy) is 1. The third-order valence-electron chi connectivity index (χ3n) is 12.1. The maximum absolute atomic E-state index is 13.9. The van der Waals surface area contributed by atoms with Gasteiger partial charge in [0.25, 0.3) is 0 Å². The maximum Gasteiger partial charge on any atom is 0.306 e. The molecule has 8 atom stereocenters. The van der Waals surface area contributed by atoms with Crippen LogP contribution in [-0.2, 0) is 19.1 Å². The highest BCUT2D eigenvalue weighted by molar-refractivity contribution is 5.86. The van der Waals surface area contributed by atoms with Gasteiger partial charge in [-0.3, -0.25) is 14.4 Å². The van der Waals surface area contributed by atoms with Gasteiger partial charge >= 0.3 is 11.9 Å². The van der Waals surface area contributed by atoms with Crippen molar-refractivity contribution in [2.24, 2.45) is 46.3 Å². The maximum atomic E-state index is 13.9. The number of rotatable bonds is 14. The number of hydrogen-bond donors (Lipinski definition) is 1. The molecule has 41 heavy (non-hydrogen) atoms. The number of carbonyl (C=O) groups is 3. The van der Waals surface area contributed by atoms with Gasteiger partial charge in [0.05, 0.1) is 0 Å². The van der Waals surface area contributed by atoms with E-state index in [0.717, 1.165) is 62.7 Å². The molecule has 0 aromatic carbocycles. The monoisotopic (exact) mass is 570 g/mol. The van der Waals surface area contributed by atoms with E-state index in [9.17, 15) is 14.4 Å². The average Bonchev–Trinajstić information content (AvgIpc) is 3.25. The van der Waals surface area contributed by atoms with Gasteiger partial charge in [0.2, 0.25) is 0 Å². The van der Waals surface area contributed by atoms with Gasteiger partial charge in [-0.1, -0.05) is 78.7 Å². The normalized spacial score (nSPS) is 35.3. The van der Waals surface area contributed by atoms with Crippen molar-refractivity contribution in [1.29, 1.82) is 0 Å². The highest BCUT2D eigenvalue weighted by atomic mass is 16.5. The van der Waals surface area contributed by atoms with Crippen LogP contribution in [0.25, 0.3) is 0 Å². The number of carboxylic acid groups (broad SMARTS) is 1. The van der Waals surface area contributed by atoms with E-state index in [-0.39, 0.29) is 29.8 Å². The Morgan fingerprint density at radius 1 is 0.902 bits per heavy atom. The summed E-state index contributed by atoms with van der Waals surface area (Å²) in [5, 5.41) is 8.73. The first-order chi connectivity index (χ1) is 19.5. The first-order valence-corrected chi connectivity index (χ1v) is 17.1. The summed E-state index contributed by atoms with van der Waals surface area (Å²) in [5.74, 6) is 3.01. The van der Waals surface area contributed by atoms with Crippen LogP contribution < -0.4 is 0 Å². The molecule has 0 amide bonds. The summed E-state index contributed by atoms with van der Waals surface area (Å²) in [4.78, 5) is 37.1. The molecular formula is C36H58O5. The molecule has 5 nitrogen and oxygen atoms in total. The molecule has 0 saturated heterocycles. The summed E-state index contributed by atoms with van der Waals surface area (Å²) in [6.07, 6.45) is 18.1. The third kappa shape index (κ3) is 7.29. The second kappa shape index (κ2) is 13.8. The van der Waals surface area contributed by atoms with Crippen LogP contribution in [0.1, 0.15) is 144 Å². The highest BCUT2D eigenvalue weighted by Crippen LogP contribution is 2.67. The van der Waals surface area contributed by atoms with Gasteiger partial charge in [-0.15, -0.1) is 0 Å². The summed E-state index contributed by atoms with van der Waals surface area (Å²) < 4.78 is 5.88. The topological polar surface area (TPSA) is 80.7 Å². The zero-order valence-electron chi connectivity index (χ0n) is 26.7. The van der Waals surface area contributed by atoms with E-state index in [0.29, 0.717) is 42.3 Å². The molecular weight excluding hydrogens is 512 g/mol. The van der Waals surface area contributed by atoms with Gasteiger partial charge in [0.15, 0.2) is 0 Å². The van der Waals surface area contributed by atoms with Crippen molar-refractivity contribution >= 4 is 17.7 Å². The number of fused-ring (bicyclic) bond motifs is 5. The smallest absolute Gasteiger partial charge is 0.306 e. The Kier molecular flexibility index (Phi) is 10.8. The van der Waals surface area contributed by atoms with Crippen molar-refractivity contribution in [3.63, 3.8) is 0 Å². The number of ketones is 1. The van der Waals surface area contributed by atoms with E-state index in [1.807, 2.05) is 0 Å². The van der Waals surface area contributed by atoms with Gasteiger partial charge < -0.3 is 9.84 Å². The van der Waals surface area contributed by atoms with Crippen LogP contribution in [0.2, 0.25) is 0 Å². The van der Waals surface area contributed by atoms with E-state index >= 15 is 0 Å². The van der Waals surface area contributed by atoms with Gasteiger partial charge in [0, 0.05) is 25.2 Å². The molecule has 232 valence electrons. The van der Waals surface area contributed by atoms with Crippen molar-refractivity contribution in [3.05, 3.63) is 11.6 Å². The first kappa shape index (κ1) is 32.3. The Hall–Kier alpha value is -1.65. The largest absolute Gasteiger partial charge is 0.481 e. The van der Waals surface area contributed by atoms with Crippen molar-refractivity contribution < 1.29 is 24.2 Å². The van der Waals surface area contributed by atoms with Crippen molar-refractivity contribution in [3.8, 4) is 0 Å². The molecule has 0 aromatic rings. The van der Waals surface area contributed by atoms with E-state index in [1.165, 1.54) is 44.1 Å². The molecule has 4 aliphatic carbocycles. The predicted octanol–water partition coefficient (Wildman–Crippen LogP) is 8.93. The fourth-order valence-electron chi connectivity index (χ4n) is 9.82. The molecule has 0 spiro atoms. The number of unbranched alkanes of at least 4 members (excludes halogenated alkanes) is 4. The molecule has 8 unspecified atom stereocenters. The molecule has 0 bridgehead atoms. The number of esters is 1. The lowest BCUT2D eigenvalue weighted by molar-refractivity contribution is -0.149. The molecule has 5 heteroatoms. The van der Waals surface area contributed by atoms with E-state index < -0.39 is 5.97 Å². The van der Waals surface area contributed by atoms with Crippen LogP contribution in [0, 0.1) is 46.3 Å². The molecule has 3 fully saturated rings. The first-order valence-electron chi connectivity index (χ1n) is 17.1. The number of carbonyl (C=O) groups excluding carboxylic acids is 2. The Balaban J connectivity index is 1.32. The number of hydrogen-bond acceptors (Lipinski definition) is 4. The molecule has 0 aromatic heterocycles. The minimum Gasteiger partial charge on any atom is -0.481 e. The van der Waals surface area contributed by atoms with E-state index in [4.69, 9.17) is 9.84 Å². The SMILES string of the molecule is CC(C)CCCC(C)C1CCC2C3C(=O)CC4=CC(OC(=O)CCCCCCCC(=O)O)CCC4(C)C3CCC12C. The number of carboxylic acids is 1. The van der Waals surface area contributed by atoms with Crippen LogP contribution in [-0.4, -0.2) is 28.9 Å². The van der Waals surface area contributed by atoms with Crippen molar-refractivity contribution in [1.82, 2.24) is 0 Å². The summed E-state index contributed by atoms with van der Waals surface area (Å²) in [7, 11) is 0. The van der Waals surface area contributed by atoms with Crippen LogP contribution >= 0.6 is 0 Å². The summed E-state index contributed by atoms with van der Waals surface area (Å²) in [6.45, 7) is 12.1. The second-order valence-corrected chi connectivity index (χ2v) is 15.3. The van der Waals surface area contributed by atoms with Gasteiger partial charge in [-0.25, -0.2) is 0 Å². The fourth-order valence-corrected chi connectivity index (χ4v) is 9.82. The number of allylic oxidation sites excluding steroid dienone is 1. The fraction of sp³-hybridized carbons (Fsp3) is 0.861. The highest BCUT2D eigenvalue weighted by Gasteiger charge is 2.61. The molecule has 1 N–H and O–H groups in total. The van der Waals surface area contributed by atoms with Crippen LogP contribution in [0.15, 0.2) is 11.6 Å².